The fourth-order valence-electron chi connectivity index (χ4n) is 2.50. The number of hydrogen-bond acceptors (Lipinski definition) is 3. The Morgan fingerprint density at radius 2 is 1.88 bits per heavy atom. The molecule has 1 amide bonds. The number of nitrogens with zero attached hydrogens (tertiary/aromatic N) is 3. The number of rotatable bonds is 7. The second kappa shape index (κ2) is 8.58. The van der Waals surface area contributed by atoms with Gasteiger partial charge in [0.25, 0.3) is 0 Å². The minimum Gasteiger partial charge on any atom is -0.352 e. The summed E-state index contributed by atoms with van der Waals surface area (Å²) in [7, 11) is 0. The molecule has 3 rings (SSSR count). The van der Waals surface area contributed by atoms with Gasteiger partial charge in [0.15, 0.2) is 0 Å². The summed E-state index contributed by atoms with van der Waals surface area (Å²) < 4.78 is 2.81. The number of amides is 1. The molecule has 0 bridgehead atoms. The Bertz CT molecular complexity index is 816. The van der Waals surface area contributed by atoms with E-state index in [0.717, 1.165) is 27.6 Å². The van der Waals surface area contributed by atoms with Gasteiger partial charge in [-0.05, 0) is 35.2 Å². The van der Waals surface area contributed by atoms with Gasteiger partial charge in [-0.3, -0.25) is 4.79 Å². The largest absolute Gasteiger partial charge is 0.352 e. The second-order valence-electron chi connectivity index (χ2n) is 5.82. The quantitative estimate of drug-likeness (QED) is 0.663. The molecule has 25 heavy (non-hydrogen) atoms. The van der Waals surface area contributed by atoms with Crippen molar-refractivity contribution in [2.45, 2.75) is 25.9 Å². The van der Waals surface area contributed by atoms with Crippen molar-refractivity contribution in [2.75, 3.05) is 0 Å². The maximum absolute atomic E-state index is 12.0. The maximum Gasteiger partial charge on any atom is 0.220 e. The molecule has 0 atom stereocenters. The highest BCUT2D eigenvalue weighted by atomic mass is 79.9. The smallest absolute Gasteiger partial charge is 0.220 e. The zero-order chi connectivity index (χ0) is 17.5. The van der Waals surface area contributed by atoms with Gasteiger partial charge in [0.05, 0.1) is 6.54 Å². The summed E-state index contributed by atoms with van der Waals surface area (Å²) in [5, 5.41) is 7.06. The molecular formula is C19H19BrN4O. The van der Waals surface area contributed by atoms with Gasteiger partial charge in [-0.25, -0.2) is 9.67 Å². The molecular weight excluding hydrogens is 380 g/mol. The molecule has 0 aliphatic rings. The number of carbonyl (C=O) groups is 1. The minimum absolute atomic E-state index is 0.0617. The van der Waals surface area contributed by atoms with Crippen LogP contribution in [0.3, 0.4) is 0 Å². The van der Waals surface area contributed by atoms with Crippen molar-refractivity contribution in [3.05, 3.63) is 82.3 Å². The number of nitrogens with one attached hydrogen (secondary N) is 1. The number of hydrogen-bond donors (Lipinski definition) is 1. The highest BCUT2D eigenvalue weighted by Crippen LogP contribution is 2.13. The Labute approximate surface area is 155 Å². The Hall–Kier alpha value is -2.47. The molecule has 0 aliphatic heterocycles. The van der Waals surface area contributed by atoms with E-state index in [4.69, 9.17) is 0 Å². The zero-order valence-electron chi connectivity index (χ0n) is 13.7. The first kappa shape index (κ1) is 17.4. The second-order valence-corrected chi connectivity index (χ2v) is 6.73. The Kier molecular flexibility index (Phi) is 5.95. The predicted octanol–water partition coefficient (Wildman–Crippen LogP) is 3.34. The number of aryl methyl sites for hydroxylation is 1. The molecule has 3 aromatic rings. The van der Waals surface area contributed by atoms with Crippen molar-refractivity contribution >= 4 is 21.8 Å². The molecule has 0 unspecified atom stereocenters. The third kappa shape index (κ3) is 5.53. The number of benzene rings is 2. The molecule has 1 heterocycles. The van der Waals surface area contributed by atoms with Crippen LogP contribution in [0.15, 0.2) is 65.7 Å². The maximum atomic E-state index is 12.0. The van der Waals surface area contributed by atoms with Crippen molar-refractivity contribution in [1.29, 1.82) is 0 Å². The standard InChI is InChI=1S/C19H19BrN4O/c20-18-3-1-2-15(10-18)8-9-19(25)22-11-16-4-6-17(7-5-16)12-24-14-21-13-23-24/h1-7,10,13-14H,8-9,11-12H2,(H,22,25). The van der Waals surface area contributed by atoms with Crippen LogP contribution in [0.1, 0.15) is 23.1 Å². The first-order valence-electron chi connectivity index (χ1n) is 8.10. The van der Waals surface area contributed by atoms with E-state index in [9.17, 15) is 4.79 Å². The van der Waals surface area contributed by atoms with Crippen molar-refractivity contribution in [3.63, 3.8) is 0 Å². The Morgan fingerprint density at radius 3 is 2.60 bits per heavy atom. The van der Waals surface area contributed by atoms with Crippen LogP contribution in [-0.4, -0.2) is 20.7 Å². The summed E-state index contributed by atoms with van der Waals surface area (Å²) in [5.41, 5.74) is 3.38. The molecule has 128 valence electrons. The lowest BCUT2D eigenvalue weighted by Gasteiger charge is -2.07. The molecule has 5 nitrogen and oxygen atoms in total. The van der Waals surface area contributed by atoms with Crippen LogP contribution >= 0.6 is 15.9 Å². The van der Waals surface area contributed by atoms with E-state index in [1.165, 1.54) is 6.33 Å². The molecule has 0 radical (unpaired) electrons. The fourth-order valence-corrected chi connectivity index (χ4v) is 2.95. The highest BCUT2D eigenvalue weighted by Gasteiger charge is 2.03. The van der Waals surface area contributed by atoms with E-state index in [1.54, 1.807) is 11.0 Å². The minimum atomic E-state index is 0.0617. The molecule has 0 fully saturated rings. The third-order valence-corrected chi connectivity index (χ3v) is 4.35. The molecule has 0 saturated carbocycles. The Balaban J connectivity index is 1.44. The van der Waals surface area contributed by atoms with E-state index >= 15 is 0 Å². The van der Waals surface area contributed by atoms with Gasteiger partial charge in [0.2, 0.25) is 5.91 Å². The fraction of sp³-hybridized carbons (Fsp3) is 0.211. The molecule has 1 N–H and O–H groups in total. The van der Waals surface area contributed by atoms with Crippen LogP contribution < -0.4 is 5.32 Å². The van der Waals surface area contributed by atoms with Crippen LogP contribution in [0.25, 0.3) is 0 Å². The van der Waals surface area contributed by atoms with E-state index in [0.29, 0.717) is 19.5 Å². The number of aromatic nitrogens is 3. The van der Waals surface area contributed by atoms with Crippen LogP contribution in [0.2, 0.25) is 0 Å². The zero-order valence-corrected chi connectivity index (χ0v) is 15.3. The van der Waals surface area contributed by atoms with Gasteiger partial charge >= 0.3 is 0 Å². The average molecular weight is 399 g/mol. The van der Waals surface area contributed by atoms with Crippen LogP contribution in [0.4, 0.5) is 0 Å². The van der Waals surface area contributed by atoms with Crippen LogP contribution in [-0.2, 0) is 24.3 Å². The number of halogens is 1. The number of carbonyl (C=O) groups excluding carboxylic acids is 1. The third-order valence-electron chi connectivity index (χ3n) is 3.85. The Morgan fingerprint density at radius 1 is 1.08 bits per heavy atom. The normalized spacial score (nSPS) is 10.6. The van der Waals surface area contributed by atoms with Crippen LogP contribution in [0.5, 0.6) is 0 Å². The lowest BCUT2D eigenvalue weighted by atomic mass is 10.1. The molecule has 0 spiro atoms. The first-order valence-corrected chi connectivity index (χ1v) is 8.90. The highest BCUT2D eigenvalue weighted by molar-refractivity contribution is 9.10. The van der Waals surface area contributed by atoms with Gasteiger partial charge in [0, 0.05) is 17.4 Å². The lowest BCUT2D eigenvalue weighted by Crippen LogP contribution is -2.23. The van der Waals surface area contributed by atoms with Gasteiger partial charge in [-0.1, -0.05) is 52.3 Å². The van der Waals surface area contributed by atoms with Crippen molar-refractivity contribution < 1.29 is 4.79 Å². The van der Waals surface area contributed by atoms with Crippen molar-refractivity contribution in [1.82, 2.24) is 20.1 Å². The topological polar surface area (TPSA) is 59.8 Å². The summed E-state index contributed by atoms with van der Waals surface area (Å²) in [5.74, 6) is 0.0617. The van der Waals surface area contributed by atoms with Gasteiger partial charge in [0.1, 0.15) is 12.7 Å². The lowest BCUT2D eigenvalue weighted by molar-refractivity contribution is -0.121. The first-order chi connectivity index (χ1) is 12.2. The van der Waals surface area contributed by atoms with Gasteiger partial charge in [-0.2, -0.15) is 5.10 Å². The van der Waals surface area contributed by atoms with E-state index in [1.807, 2.05) is 48.5 Å². The SMILES string of the molecule is O=C(CCc1cccc(Br)c1)NCc1ccc(Cn2cncn2)cc1. The summed E-state index contributed by atoms with van der Waals surface area (Å²) in [6.45, 7) is 1.24. The monoisotopic (exact) mass is 398 g/mol. The van der Waals surface area contributed by atoms with E-state index in [2.05, 4.69) is 31.3 Å². The van der Waals surface area contributed by atoms with Crippen LogP contribution in [0, 0.1) is 0 Å². The van der Waals surface area contributed by atoms with E-state index < -0.39 is 0 Å². The van der Waals surface area contributed by atoms with Gasteiger partial charge in [-0.15, -0.1) is 0 Å². The summed E-state index contributed by atoms with van der Waals surface area (Å²) >= 11 is 3.45. The molecule has 0 aliphatic carbocycles. The molecule has 6 heteroatoms. The molecule has 1 aromatic heterocycles. The van der Waals surface area contributed by atoms with Crippen molar-refractivity contribution in [3.8, 4) is 0 Å². The van der Waals surface area contributed by atoms with E-state index in [-0.39, 0.29) is 5.91 Å². The molecule has 2 aromatic carbocycles. The summed E-state index contributed by atoms with van der Waals surface area (Å²) in [4.78, 5) is 15.9. The van der Waals surface area contributed by atoms with Crippen molar-refractivity contribution in [2.24, 2.45) is 0 Å². The predicted molar refractivity (Wildman–Crippen MR) is 99.9 cm³/mol. The molecule has 0 saturated heterocycles. The summed E-state index contributed by atoms with van der Waals surface area (Å²) in [6, 6.07) is 16.2. The van der Waals surface area contributed by atoms with Gasteiger partial charge < -0.3 is 5.32 Å². The summed E-state index contributed by atoms with van der Waals surface area (Å²) in [6.07, 6.45) is 4.44. The average Bonchev–Trinajstić information content (AvgIpc) is 3.12.